The van der Waals surface area contributed by atoms with Crippen LogP contribution in [0.5, 0.6) is 0 Å². The van der Waals surface area contributed by atoms with Crippen LogP contribution in [0, 0.1) is 0 Å². The SMILES string of the molecule is CC(N)c1nc(C(=O)NCCNC(=O)N(C)C)cs1. The number of nitrogens with two attached hydrogens (primary N) is 1. The molecule has 8 heteroatoms. The van der Waals surface area contributed by atoms with Gasteiger partial charge in [-0.1, -0.05) is 0 Å². The highest BCUT2D eigenvalue weighted by Crippen LogP contribution is 2.15. The predicted molar refractivity (Wildman–Crippen MR) is 74.1 cm³/mol. The Kier molecular flexibility index (Phi) is 5.71. The number of carbonyl (C=O) groups is 2. The van der Waals surface area contributed by atoms with E-state index in [9.17, 15) is 9.59 Å². The van der Waals surface area contributed by atoms with Gasteiger partial charge in [0.1, 0.15) is 10.7 Å². The maximum atomic E-state index is 11.7. The van der Waals surface area contributed by atoms with Gasteiger partial charge in [0.2, 0.25) is 0 Å². The number of hydrogen-bond donors (Lipinski definition) is 3. The Balaban J connectivity index is 2.33. The Morgan fingerprint density at radius 3 is 2.58 bits per heavy atom. The third-order valence-corrected chi connectivity index (χ3v) is 3.28. The van der Waals surface area contributed by atoms with Crippen molar-refractivity contribution in [1.29, 1.82) is 0 Å². The minimum absolute atomic E-state index is 0.175. The normalized spacial score (nSPS) is 11.8. The largest absolute Gasteiger partial charge is 0.349 e. The van der Waals surface area contributed by atoms with Crippen molar-refractivity contribution < 1.29 is 9.59 Å². The predicted octanol–water partition coefficient (Wildman–Crippen LogP) is 0.164. The molecule has 1 aromatic rings. The topological polar surface area (TPSA) is 100 Å². The molecule has 1 unspecified atom stereocenters. The molecule has 7 nitrogen and oxygen atoms in total. The van der Waals surface area contributed by atoms with Crippen molar-refractivity contribution in [1.82, 2.24) is 20.5 Å². The van der Waals surface area contributed by atoms with Crippen molar-refractivity contribution >= 4 is 23.3 Å². The van der Waals surface area contributed by atoms with Gasteiger partial charge in [-0.2, -0.15) is 0 Å². The minimum atomic E-state index is -0.262. The third-order valence-electron chi connectivity index (χ3n) is 2.24. The van der Waals surface area contributed by atoms with Gasteiger partial charge in [-0.3, -0.25) is 4.79 Å². The minimum Gasteiger partial charge on any atom is -0.349 e. The zero-order valence-corrected chi connectivity index (χ0v) is 12.1. The summed E-state index contributed by atoms with van der Waals surface area (Å²) in [5.41, 5.74) is 6.03. The van der Waals surface area contributed by atoms with Gasteiger partial charge in [0.25, 0.3) is 5.91 Å². The summed E-state index contributed by atoms with van der Waals surface area (Å²) in [7, 11) is 3.30. The van der Waals surface area contributed by atoms with Crippen LogP contribution in [0.1, 0.15) is 28.5 Å². The van der Waals surface area contributed by atoms with E-state index in [1.165, 1.54) is 16.2 Å². The summed E-state index contributed by atoms with van der Waals surface area (Å²) >= 11 is 1.36. The fraction of sp³-hybridized carbons (Fsp3) is 0.545. The monoisotopic (exact) mass is 285 g/mol. The number of aromatic nitrogens is 1. The van der Waals surface area contributed by atoms with Gasteiger partial charge in [0.05, 0.1) is 6.04 Å². The van der Waals surface area contributed by atoms with Crippen molar-refractivity contribution in [2.45, 2.75) is 13.0 Å². The van der Waals surface area contributed by atoms with Crippen LogP contribution in [-0.2, 0) is 0 Å². The molecule has 0 aliphatic carbocycles. The Morgan fingerprint density at radius 2 is 2.05 bits per heavy atom. The van der Waals surface area contributed by atoms with Gasteiger partial charge in [0.15, 0.2) is 0 Å². The average Bonchev–Trinajstić information content (AvgIpc) is 2.83. The Bertz CT molecular complexity index is 444. The van der Waals surface area contributed by atoms with E-state index in [0.717, 1.165) is 5.01 Å². The molecule has 0 aliphatic rings. The summed E-state index contributed by atoms with van der Waals surface area (Å²) < 4.78 is 0. The van der Waals surface area contributed by atoms with E-state index in [1.54, 1.807) is 19.5 Å². The molecule has 0 aromatic carbocycles. The lowest BCUT2D eigenvalue weighted by Crippen LogP contribution is -2.39. The summed E-state index contributed by atoms with van der Waals surface area (Å²) in [5, 5.41) is 7.72. The lowest BCUT2D eigenvalue weighted by molar-refractivity contribution is 0.0949. The summed E-state index contributed by atoms with van der Waals surface area (Å²) in [6.07, 6.45) is 0. The Labute approximate surface area is 116 Å². The molecule has 1 atom stereocenters. The molecule has 0 spiro atoms. The van der Waals surface area contributed by atoms with Crippen molar-refractivity contribution in [3.8, 4) is 0 Å². The Hall–Kier alpha value is -1.67. The van der Waals surface area contributed by atoms with Crippen LogP contribution in [0.15, 0.2) is 5.38 Å². The van der Waals surface area contributed by atoms with E-state index in [0.29, 0.717) is 18.8 Å². The number of nitrogens with zero attached hydrogens (tertiary/aromatic N) is 2. The maximum absolute atomic E-state index is 11.7. The van der Waals surface area contributed by atoms with Crippen LogP contribution in [0.2, 0.25) is 0 Å². The van der Waals surface area contributed by atoms with E-state index < -0.39 is 0 Å². The van der Waals surface area contributed by atoms with Gasteiger partial charge in [-0.05, 0) is 6.92 Å². The number of carbonyl (C=O) groups excluding carboxylic acids is 2. The van der Waals surface area contributed by atoms with E-state index in [4.69, 9.17) is 5.73 Å². The van der Waals surface area contributed by atoms with Crippen LogP contribution in [-0.4, -0.2) is 49.0 Å². The number of hydrogen-bond acceptors (Lipinski definition) is 5. The summed E-state index contributed by atoms with van der Waals surface area (Å²) in [5.74, 6) is -0.262. The molecule has 1 rings (SSSR count). The van der Waals surface area contributed by atoms with E-state index in [-0.39, 0.29) is 18.0 Å². The average molecular weight is 285 g/mol. The smallest absolute Gasteiger partial charge is 0.316 e. The Morgan fingerprint density at radius 1 is 1.42 bits per heavy atom. The lowest BCUT2D eigenvalue weighted by atomic mass is 10.4. The van der Waals surface area contributed by atoms with Gasteiger partial charge in [-0.25, -0.2) is 9.78 Å². The second kappa shape index (κ2) is 7.05. The van der Waals surface area contributed by atoms with Gasteiger partial charge in [-0.15, -0.1) is 11.3 Å². The first-order valence-corrected chi connectivity index (χ1v) is 6.74. The molecular weight excluding hydrogens is 266 g/mol. The molecule has 1 aromatic heterocycles. The maximum Gasteiger partial charge on any atom is 0.316 e. The molecule has 0 fully saturated rings. The molecule has 0 bridgehead atoms. The lowest BCUT2D eigenvalue weighted by Gasteiger charge is -2.11. The van der Waals surface area contributed by atoms with Crippen LogP contribution in [0.3, 0.4) is 0 Å². The summed E-state index contributed by atoms with van der Waals surface area (Å²) in [4.78, 5) is 28.5. The zero-order valence-electron chi connectivity index (χ0n) is 11.3. The highest BCUT2D eigenvalue weighted by atomic mass is 32.1. The second-order valence-electron chi connectivity index (χ2n) is 4.24. The second-order valence-corrected chi connectivity index (χ2v) is 5.13. The van der Waals surface area contributed by atoms with E-state index in [2.05, 4.69) is 15.6 Å². The first-order chi connectivity index (χ1) is 8.91. The van der Waals surface area contributed by atoms with Gasteiger partial charge >= 0.3 is 6.03 Å². The summed E-state index contributed by atoms with van der Waals surface area (Å²) in [6, 6.07) is -0.368. The third kappa shape index (κ3) is 4.84. The van der Waals surface area contributed by atoms with Gasteiger partial charge in [0, 0.05) is 32.6 Å². The van der Waals surface area contributed by atoms with Gasteiger partial charge < -0.3 is 21.3 Å². The highest BCUT2D eigenvalue weighted by molar-refractivity contribution is 7.09. The molecular formula is C11H19N5O2S. The number of thiazole rings is 1. The number of urea groups is 1. The zero-order chi connectivity index (χ0) is 14.4. The van der Waals surface area contributed by atoms with Crippen molar-refractivity contribution in [3.63, 3.8) is 0 Å². The van der Waals surface area contributed by atoms with Crippen molar-refractivity contribution in [2.75, 3.05) is 27.2 Å². The van der Waals surface area contributed by atoms with Crippen molar-refractivity contribution in [2.24, 2.45) is 5.73 Å². The molecule has 0 radical (unpaired) electrons. The molecule has 4 N–H and O–H groups in total. The molecule has 106 valence electrons. The quantitative estimate of drug-likeness (QED) is 0.671. The molecule has 0 aliphatic heterocycles. The fourth-order valence-electron chi connectivity index (χ4n) is 1.20. The first-order valence-electron chi connectivity index (χ1n) is 5.86. The number of amides is 3. The molecule has 0 saturated heterocycles. The molecule has 1 heterocycles. The van der Waals surface area contributed by atoms with Crippen LogP contribution in [0.25, 0.3) is 0 Å². The summed E-state index contributed by atoms with van der Waals surface area (Å²) in [6.45, 7) is 2.54. The van der Waals surface area contributed by atoms with E-state index >= 15 is 0 Å². The first kappa shape index (κ1) is 15.4. The molecule has 3 amide bonds. The number of rotatable bonds is 5. The van der Waals surface area contributed by atoms with Crippen LogP contribution >= 0.6 is 11.3 Å². The fourth-order valence-corrected chi connectivity index (χ4v) is 1.95. The molecule has 0 saturated carbocycles. The van der Waals surface area contributed by atoms with Crippen LogP contribution in [0.4, 0.5) is 4.79 Å². The van der Waals surface area contributed by atoms with E-state index in [1.807, 2.05) is 6.92 Å². The number of nitrogens with one attached hydrogen (secondary N) is 2. The molecule has 19 heavy (non-hydrogen) atoms. The highest BCUT2D eigenvalue weighted by Gasteiger charge is 2.12. The standard InChI is InChI=1S/C11H19N5O2S/c1-7(12)10-15-8(6-19-10)9(17)13-4-5-14-11(18)16(2)3/h6-7H,4-5,12H2,1-3H3,(H,13,17)(H,14,18). The van der Waals surface area contributed by atoms with Crippen LogP contribution < -0.4 is 16.4 Å². The van der Waals surface area contributed by atoms with Crippen molar-refractivity contribution in [3.05, 3.63) is 16.1 Å².